The lowest BCUT2D eigenvalue weighted by Gasteiger charge is -2.53. The molecule has 3 aliphatic rings. The monoisotopic (exact) mass is 437 g/mol. The molecule has 0 bridgehead atoms. The van der Waals surface area contributed by atoms with Crippen LogP contribution in [0.1, 0.15) is 42.9 Å². The Balaban J connectivity index is 1.35. The van der Waals surface area contributed by atoms with E-state index in [1.807, 2.05) is 41.3 Å². The van der Waals surface area contributed by atoms with Gasteiger partial charge in [0, 0.05) is 49.6 Å². The number of carbonyl (C=O) groups excluding carboxylic acids is 1. The van der Waals surface area contributed by atoms with E-state index < -0.39 is 0 Å². The summed E-state index contributed by atoms with van der Waals surface area (Å²) >= 11 is 0. The lowest BCUT2D eigenvalue weighted by molar-refractivity contribution is -0.157. The molecule has 170 valence electrons. The van der Waals surface area contributed by atoms with Crippen LogP contribution in [0.3, 0.4) is 0 Å². The molecule has 0 N–H and O–H groups in total. The number of hydrogen-bond donors (Lipinski definition) is 0. The molecule has 2 aromatic rings. The molecular weight excluding hydrogens is 406 g/mol. The molecule has 2 atom stereocenters. The van der Waals surface area contributed by atoms with E-state index in [0.717, 1.165) is 60.7 Å². The van der Waals surface area contributed by atoms with Gasteiger partial charge in [0.05, 0.1) is 26.7 Å². The molecule has 0 unspecified atom stereocenters. The number of likely N-dealkylation sites (tertiary alicyclic amines) is 1. The van der Waals surface area contributed by atoms with E-state index in [9.17, 15) is 4.79 Å². The predicted molar refractivity (Wildman–Crippen MR) is 120 cm³/mol. The van der Waals surface area contributed by atoms with E-state index in [-0.39, 0.29) is 17.6 Å². The fourth-order valence-corrected chi connectivity index (χ4v) is 5.66. The van der Waals surface area contributed by atoms with Crippen LogP contribution in [0.25, 0.3) is 0 Å². The van der Waals surface area contributed by atoms with Gasteiger partial charge in [0.1, 0.15) is 11.4 Å². The molecule has 1 amide bonds. The van der Waals surface area contributed by atoms with Crippen LogP contribution in [0.4, 0.5) is 0 Å². The molecular formula is C26H31NO5. The summed E-state index contributed by atoms with van der Waals surface area (Å²) in [7, 11) is 3.32. The molecule has 6 nitrogen and oxygen atoms in total. The van der Waals surface area contributed by atoms with Gasteiger partial charge in [-0.25, -0.2) is 0 Å². The number of amides is 1. The summed E-state index contributed by atoms with van der Waals surface area (Å²) in [6.45, 7) is 2.14. The van der Waals surface area contributed by atoms with E-state index in [2.05, 4.69) is 6.07 Å². The lowest BCUT2D eigenvalue weighted by Crippen LogP contribution is -2.58. The first kappa shape index (κ1) is 21.1. The van der Waals surface area contributed by atoms with E-state index >= 15 is 0 Å². The minimum atomic E-state index is -0.325. The fourth-order valence-electron chi connectivity index (χ4n) is 5.66. The van der Waals surface area contributed by atoms with Gasteiger partial charge in [-0.15, -0.1) is 0 Å². The van der Waals surface area contributed by atoms with Gasteiger partial charge in [-0.05, 0) is 25.0 Å². The Bertz CT molecular complexity index is 982. The Hall–Kier alpha value is -2.73. The maximum atomic E-state index is 13.1. The van der Waals surface area contributed by atoms with Crippen molar-refractivity contribution >= 4 is 5.91 Å². The zero-order valence-corrected chi connectivity index (χ0v) is 18.8. The number of piperidine rings is 1. The Morgan fingerprint density at radius 2 is 1.81 bits per heavy atom. The van der Waals surface area contributed by atoms with Crippen molar-refractivity contribution in [1.82, 2.24) is 4.90 Å². The number of methoxy groups -OCH3 is 2. The lowest BCUT2D eigenvalue weighted by atomic mass is 9.70. The third kappa shape index (κ3) is 3.60. The number of carbonyl (C=O) groups is 1. The largest absolute Gasteiger partial charge is 0.496 e. The Morgan fingerprint density at radius 1 is 1.06 bits per heavy atom. The maximum Gasteiger partial charge on any atom is 0.227 e. The number of nitrogens with zero attached hydrogens (tertiary/aromatic N) is 1. The smallest absolute Gasteiger partial charge is 0.227 e. The van der Waals surface area contributed by atoms with Crippen molar-refractivity contribution < 1.29 is 23.7 Å². The van der Waals surface area contributed by atoms with Gasteiger partial charge in [0.25, 0.3) is 0 Å². The normalized spacial score (nSPS) is 23.6. The van der Waals surface area contributed by atoms with Gasteiger partial charge in [-0.3, -0.25) is 4.79 Å². The summed E-state index contributed by atoms with van der Waals surface area (Å²) in [6.07, 6.45) is 4.10. The molecule has 5 rings (SSSR count). The maximum absolute atomic E-state index is 13.1. The first-order chi connectivity index (χ1) is 15.6. The van der Waals surface area contributed by atoms with Gasteiger partial charge in [0.2, 0.25) is 5.91 Å². The average Bonchev–Trinajstić information content (AvgIpc) is 2.85. The van der Waals surface area contributed by atoms with Crippen LogP contribution in [-0.2, 0) is 16.0 Å². The summed E-state index contributed by atoms with van der Waals surface area (Å²) in [6, 6.07) is 13.8. The Morgan fingerprint density at radius 3 is 2.59 bits per heavy atom. The third-order valence-corrected chi connectivity index (χ3v) is 7.34. The standard InChI is InChI=1S/C26H31NO5/c1-29-21-10-4-3-7-18(21)17-23(28)27-14-12-26(13-15-27)20-9-6-16-31-24(20)19-8-5-11-22(30-2)25(19)32-26/h3-5,7-8,10-11,20,24H,6,9,12-17H2,1-2H3/t20-,24+/m0/s1. The van der Waals surface area contributed by atoms with Gasteiger partial charge in [-0.2, -0.15) is 0 Å². The SMILES string of the molecule is COc1ccccc1CC(=O)N1CCC2(CC1)Oc1c(OC)cccc1[C@H]1OCCC[C@@H]12. The Kier molecular flexibility index (Phi) is 5.72. The molecule has 2 saturated heterocycles. The van der Waals surface area contributed by atoms with E-state index in [1.165, 1.54) is 0 Å². The van der Waals surface area contributed by atoms with Crippen molar-refractivity contribution in [3.8, 4) is 17.2 Å². The highest BCUT2D eigenvalue weighted by molar-refractivity contribution is 5.79. The van der Waals surface area contributed by atoms with Crippen molar-refractivity contribution in [2.45, 2.75) is 43.8 Å². The highest BCUT2D eigenvalue weighted by Gasteiger charge is 2.53. The Labute approximate surface area is 189 Å². The van der Waals surface area contributed by atoms with E-state index in [4.69, 9.17) is 18.9 Å². The highest BCUT2D eigenvalue weighted by atomic mass is 16.5. The molecule has 32 heavy (non-hydrogen) atoms. The van der Waals surface area contributed by atoms with Gasteiger partial charge in [-0.1, -0.05) is 30.3 Å². The number of rotatable bonds is 4. The summed E-state index contributed by atoms with van der Waals surface area (Å²) in [5.74, 6) is 2.75. The summed E-state index contributed by atoms with van der Waals surface area (Å²) in [5.41, 5.74) is 1.69. The second kappa shape index (κ2) is 8.66. The van der Waals surface area contributed by atoms with Gasteiger partial charge in [0.15, 0.2) is 11.5 Å². The van der Waals surface area contributed by atoms with Crippen molar-refractivity contribution in [2.24, 2.45) is 5.92 Å². The summed E-state index contributed by atoms with van der Waals surface area (Å²) < 4.78 is 24.1. The predicted octanol–water partition coefficient (Wildman–Crippen LogP) is 4.17. The number of ether oxygens (including phenoxy) is 4. The zero-order chi connectivity index (χ0) is 22.1. The number of fused-ring (bicyclic) bond motifs is 4. The minimum absolute atomic E-state index is 0.0263. The molecule has 3 aliphatic heterocycles. The molecule has 2 aromatic carbocycles. The average molecular weight is 438 g/mol. The minimum Gasteiger partial charge on any atom is -0.496 e. The van der Waals surface area contributed by atoms with Gasteiger partial charge >= 0.3 is 0 Å². The molecule has 0 aliphatic carbocycles. The van der Waals surface area contributed by atoms with Crippen LogP contribution in [0.15, 0.2) is 42.5 Å². The van der Waals surface area contributed by atoms with E-state index in [1.54, 1.807) is 14.2 Å². The third-order valence-electron chi connectivity index (χ3n) is 7.34. The van der Waals surface area contributed by atoms with Crippen LogP contribution in [0.2, 0.25) is 0 Å². The van der Waals surface area contributed by atoms with Crippen molar-refractivity contribution in [1.29, 1.82) is 0 Å². The second-order valence-corrected chi connectivity index (χ2v) is 8.95. The van der Waals surface area contributed by atoms with Crippen molar-refractivity contribution in [3.05, 3.63) is 53.6 Å². The van der Waals surface area contributed by atoms with Crippen LogP contribution in [0, 0.1) is 5.92 Å². The summed E-state index contributed by atoms with van der Waals surface area (Å²) in [5, 5.41) is 0. The molecule has 0 radical (unpaired) electrons. The first-order valence-electron chi connectivity index (χ1n) is 11.5. The molecule has 3 heterocycles. The molecule has 0 saturated carbocycles. The molecule has 1 spiro atoms. The van der Waals surface area contributed by atoms with Crippen LogP contribution in [-0.4, -0.2) is 50.3 Å². The van der Waals surface area contributed by atoms with Crippen molar-refractivity contribution in [2.75, 3.05) is 33.9 Å². The zero-order valence-electron chi connectivity index (χ0n) is 18.8. The van der Waals surface area contributed by atoms with Crippen LogP contribution in [0.5, 0.6) is 17.2 Å². The first-order valence-corrected chi connectivity index (χ1v) is 11.5. The van der Waals surface area contributed by atoms with Crippen LogP contribution < -0.4 is 14.2 Å². The molecule has 0 aromatic heterocycles. The highest BCUT2D eigenvalue weighted by Crippen LogP contribution is 2.55. The topological polar surface area (TPSA) is 57.2 Å². The van der Waals surface area contributed by atoms with Crippen molar-refractivity contribution in [3.63, 3.8) is 0 Å². The number of benzene rings is 2. The molecule has 6 heteroatoms. The van der Waals surface area contributed by atoms with Gasteiger partial charge < -0.3 is 23.8 Å². The number of hydrogen-bond acceptors (Lipinski definition) is 5. The summed E-state index contributed by atoms with van der Waals surface area (Å²) in [4.78, 5) is 15.0. The fraction of sp³-hybridized carbons (Fsp3) is 0.500. The van der Waals surface area contributed by atoms with E-state index in [0.29, 0.717) is 25.4 Å². The van der Waals surface area contributed by atoms with Crippen LogP contribution >= 0.6 is 0 Å². The quantitative estimate of drug-likeness (QED) is 0.719. The number of para-hydroxylation sites is 2. The second-order valence-electron chi connectivity index (χ2n) is 8.95. The molecule has 2 fully saturated rings.